The highest BCUT2D eigenvalue weighted by atomic mass is 79.9. The van der Waals surface area contributed by atoms with Crippen molar-refractivity contribution in [1.29, 1.82) is 0 Å². The predicted octanol–water partition coefficient (Wildman–Crippen LogP) is 5.15. The Kier molecular flexibility index (Phi) is 6.80. The Morgan fingerprint density at radius 1 is 1.12 bits per heavy atom. The quantitative estimate of drug-likeness (QED) is 0.681. The lowest BCUT2D eigenvalue weighted by molar-refractivity contribution is -0.115. The fourth-order valence-electron chi connectivity index (χ4n) is 2.27. The molecule has 0 bridgehead atoms. The number of ether oxygens (including phenoxy) is 1. The molecule has 0 atom stereocenters. The van der Waals surface area contributed by atoms with Crippen LogP contribution in [0.5, 0.6) is 5.75 Å². The van der Waals surface area contributed by atoms with Crippen LogP contribution in [0.15, 0.2) is 40.9 Å². The maximum Gasteiger partial charge on any atom is 0.255 e. The van der Waals surface area contributed by atoms with Gasteiger partial charge in [-0.1, -0.05) is 13.0 Å². The van der Waals surface area contributed by atoms with E-state index in [1.54, 1.807) is 37.3 Å². The van der Waals surface area contributed by atoms with Gasteiger partial charge in [-0.05, 0) is 72.6 Å². The molecule has 138 valence electrons. The van der Waals surface area contributed by atoms with Gasteiger partial charge in [0.15, 0.2) is 0 Å². The van der Waals surface area contributed by atoms with E-state index in [1.165, 1.54) is 0 Å². The van der Waals surface area contributed by atoms with Gasteiger partial charge in [0.2, 0.25) is 5.91 Å². The molecular formula is C20H23BrN2O3. The average Bonchev–Trinajstić information content (AvgIpc) is 2.59. The van der Waals surface area contributed by atoms with Crippen LogP contribution in [-0.4, -0.2) is 17.9 Å². The summed E-state index contributed by atoms with van der Waals surface area (Å²) in [5.74, 6) is 0.385. The first-order valence-corrected chi connectivity index (χ1v) is 9.27. The molecule has 26 heavy (non-hydrogen) atoms. The van der Waals surface area contributed by atoms with Gasteiger partial charge >= 0.3 is 0 Å². The third-order valence-corrected chi connectivity index (χ3v) is 4.27. The first kappa shape index (κ1) is 20.0. The number of benzene rings is 2. The predicted molar refractivity (Wildman–Crippen MR) is 108 cm³/mol. The molecule has 5 nitrogen and oxygen atoms in total. The van der Waals surface area contributed by atoms with Crippen molar-refractivity contribution < 1.29 is 14.3 Å². The molecule has 0 spiro atoms. The summed E-state index contributed by atoms with van der Waals surface area (Å²) >= 11 is 3.43. The summed E-state index contributed by atoms with van der Waals surface area (Å²) < 4.78 is 6.38. The molecule has 0 aliphatic heterocycles. The van der Waals surface area contributed by atoms with Crippen molar-refractivity contribution in [2.45, 2.75) is 40.2 Å². The van der Waals surface area contributed by atoms with Crippen molar-refractivity contribution in [2.24, 2.45) is 0 Å². The summed E-state index contributed by atoms with van der Waals surface area (Å²) in [5.41, 5.74) is 2.75. The zero-order chi connectivity index (χ0) is 19.3. The van der Waals surface area contributed by atoms with Crippen LogP contribution in [-0.2, 0) is 4.79 Å². The van der Waals surface area contributed by atoms with Crippen LogP contribution in [0.3, 0.4) is 0 Å². The first-order valence-electron chi connectivity index (χ1n) is 8.48. The van der Waals surface area contributed by atoms with Crippen LogP contribution >= 0.6 is 15.9 Å². The van der Waals surface area contributed by atoms with Gasteiger partial charge in [0.25, 0.3) is 5.91 Å². The van der Waals surface area contributed by atoms with E-state index in [-0.39, 0.29) is 17.9 Å². The van der Waals surface area contributed by atoms with Crippen LogP contribution in [0.2, 0.25) is 0 Å². The molecule has 6 heteroatoms. The van der Waals surface area contributed by atoms with Gasteiger partial charge in [-0.15, -0.1) is 0 Å². The van der Waals surface area contributed by atoms with Gasteiger partial charge in [-0.2, -0.15) is 0 Å². The second-order valence-corrected chi connectivity index (χ2v) is 7.05. The van der Waals surface area contributed by atoms with Gasteiger partial charge in [-0.25, -0.2) is 0 Å². The van der Waals surface area contributed by atoms with Crippen LogP contribution < -0.4 is 15.4 Å². The fourth-order valence-corrected chi connectivity index (χ4v) is 2.74. The van der Waals surface area contributed by atoms with Crippen LogP contribution in [0, 0.1) is 6.92 Å². The lowest BCUT2D eigenvalue weighted by Crippen LogP contribution is -2.14. The number of hydrogen-bond acceptors (Lipinski definition) is 3. The summed E-state index contributed by atoms with van der Waals surface area (Å²) in [5, 5.41) is 5.69. The van der Waals surface area contributed by atoms with Gasteiger partial charge in [0, 0.05) is 23.4 Å². The number of amides is 2. The molecule has 2 N–H and O–H groups in total. The molecule has 0 aromatic heterocycles. The lowest BCUT2D eigenvalue weighted by Gasteiger charge is -2.13. The second-order valence-electron chi connectivity index (χ2n) is 6.20. The van der Waals surface area contributed by atoms with E-state index in [0.717, 1.165) is 10.0 Å². The molecule has 2 aromatic rings. The molecule has 0 aliphatic rings. The Bertz CT molecular complexity index is 819. The highest BCUT2D eigenvalue weighted by Gasteiger charge is 2.12. The minimum Gasteiger partial charge on any atom is -0.490 e. The van der Waals surface area contributed by atoms with E-state index in [4.69, 9.17) is 4.74 Å². The molecule has 0 radical (unpaired) electrons. The zero-order valence-corrected chi connectivity index (χ0v) is 16.9. The Balaban J connectivity index is 2.15. The Morgan fingerprint density at radius 3 is 2.46 bits per heavy atom. The fraction of sp³-hybridized carbons (Fsp3) is 0.300. The van der Waals surface area contributed by atoms with Gasteiger partial charge < -0.3 is 15.4 Å². The lowest BCUT2D eigenvalue weighted by atomic mass is 10.1. The van der Waals surface area contributed by atoms with Crippen molar-refractivity contribution in [2.75, 3.05) is 10.6 Å². The molecule has 0 saturated carbocycles. The molecule has 2 rings (SSSR count). The molecule has 2 amide bonds. The van der Waals surface area contributed by atoms with Crippen molar-refractivity contribution in [3.05, 3.63) is 52.0 Å². The first-order chi connectivity index (χ1) is 12.3. The molecule has 0 heterocycles. The molecule has 0 saturated heterocycles. The van der Waals surface area contributed by atoms with Crippen LogP contribution in [0.25, 0.3) is 0 Å². The molecule has 2 aromatic carbocycles. The third kappa shape index (κ3) is 5.33. The zero-order valence-electron chi connectivity index (χ0n) is 15.4. The minimum atomic E-state index is -0.238. The average molecular weight is 419 g/mol. The highest BCUT2D eigenvalue weighted by Crippen LogP contribution is 2.28. The van der Waals surface area contributed by atoms with E-state index in [1.807, 2.05) is 26.8 Å². The van der Waals surface area contributed by atoms with E-state index in [0.29, 0.717) is 29.1 Å². The second kappa shape index (κ2) is 8.85. The van der Waals surface area contributed by atoms with E-state index < -0.39 is 0 Å². The Morgan fingerprint density at radius 2 is 1.85 bits per heavy atom. The molecule has 0 fully saturated rings. The number of hydrogen-bond donors (Lipinski definition) is 2. The van der Waals surface area contributed by atoms with Gasteiger partial charge in [-0.3, -0.25) is 9.59 Å². The number of anilines is 2. The van der Waals surface area contributed by atoms with E-state index in [2.05, 4.69) is 26.6 Å². The summed E-state index contributed by atoms with van der Waals surface area (Å²) in [6.45, 7) is 7.58. The van der Waals surface area contributed by atoms with Gasteiger partial charge in [0.05, 0.1) is 10.6 Å². The molecule has 0 aliphatic carbocycles. The number of nitrogens with one attached hydrogen (secondary N) is 2. The van der Waals surface area contributed by atoms with E-state index in [9.17, 15) is 9.59 Å². The topological polar surface area (TPSA) is 67.4 Å². The van der Waals surface area contributed by atoms with Crippen LogP contribution in [0.1, 0.15) is 43.1 Å². The standard InChI is InChI=1S/C20H23BrN2O3/c1-5-19(24)23-17-11-15(8-6-13(17)4)22-20(25)14-7-9-18(16(21)10-14)26-12(2)3/h6-12H,5H2,1-4H3,(H,22,25)(H,23,24). The maximum absolute atomic E-state index is 12.5. The van der Waals surface area contributed by atoms with Gasteiger partial charge in [0.1, 0.15) is 5.75 Å². The van der Waals surface area contributed by atoms with Crippen molar-refractivity contribution >= 4 is 39.1 Å². The van der Waals surface area contributed by atoms with Crippen molar-refractivity contribution in [3.8, 4) is 5.75 Å². The summed E-state index contributed by atoms with van der Waals surface area (Å²) in [6, 6.07) is 10.6. The number of aryl methyl sites for hydroxylation is 1. The Hall–Kier alpha value is -2.34. The third-order valence-electron chi connectivity index (χ3n) is 3.65. The Labute approximate surface area is 162 Å². The number of carbonyl (C=O) groups is 2. The smallest absolute Gasteiger partial charge is 0.255 e. The number of rotatable bonds is 6. The normalized spacial score (nSPS) is 10.5. The van der Waals surface area contributed by atoms with Crippen LogP contribution in [0.4, 0.5) is 11.4 Å². The van der Waals surface area contributed by atoms with Crippen molar-refractivity contribution in [1.82, 2.24) is 0 Å². The molecular weight excluding hydrogens is 396 g/mol. The maximum atomic E-state index is 12.5. The largest absolute Gasteiger partial charge is 0.490 e. The van der Waals surface area contributed by atoms with Crippen molar-refractivity contribution in [3.63, 3.8) is 0 Å². The van der Waals surface area contributed by atoms with E-state index >= 15 is 0 Å². The number of halogens is 1. The SMILES string of the molecule is CCC(=O)Nc1cc(NC(=O)c2ccc(OC(C)C)c(Br)c2)ccc1C. The highest BCUT2D eigenvalue weighted by molar-refractivity contribution is 9.10. The molecule has 0 unspecified atom stereocenters. The minimum absolute atomic E-state index is 0.0512. The summed E-state index contributed by atoms with van der Waals surface area (Å²) in [7, 11) is 0. The number of carbonyl (C=O) groups excluding carboxylic acids is 2. The summed E-state index contributed by atoms with van der Waals surface area (Å²) in [6.07, 6.45) is 0.449. The summed E-state index contributed by atoms with van der Waals surface area (Å²) in [4.78, 5) is 24.1. The monoisotopic (exact) mass is 418 g/mol.